The highest BCUT2D eigenvalue weighted by Gasteiger charge is 2.46. The number of rotatable bonds is 10. The number of likely N-dealkylation sites (N-methyl/N-ethyl adjacent to an activating group) is 1. The van der Waals surface area contributed by atoms with Gasteiger partial charge in [0.05, 0.1) is 5.57 Å². The molecule has 2 aromatic rings. The number of carbonyl (C=O) groups is 1. The summed E-state index contributed by atoms with van der Waals surface area (Å²) in [5.41, 5.74) is 6.89. The molecule has 1 atom stereocenters. The Bertz CT molecular complexity index is 1310. The fourth-order valence-corrected chi connectivity index (χ4v) is 5.92. The van der Waals surface area contributed by atoms with Crippen LogP contribution in [0.15, 0.2) is 64.7 Å². The second-order valence-electron chi connectivity index (χ2n) is 10.9. The van der Waals surface area contributed by atoms with Crippen molar-refractivity contribution in [3.63, 3.8) is 0 Å². The van der Waals surface area contributed by atoms with E-state index in [4.69, 9.17) is 9.98 Å². The highest BCUT2D eigenvalue weighted by Crippen LogP contribution is 2.50. The van der Waals surface area contributed by atoms with Gasteiger partial charge in [0.25, 0.3) is 0 Å². The minimum absolute atomic E-state index is 0.273. The Balaban J connectivity index is 1.47. The molecule has 1 aromatic carbocycles. The van der Waals surface area contributed by atoms with Crippen LogP contribution in [-0.2, 0) is 23.2 Å². The average molecular weight is 526 g/mol. The van der Waals surface area contributed by atoms with Crippen LogP contribution in [0.5, 0.6) is 0 Å². The number of nitrogens with zero attached hydrogens (tertiary/aromatic N) is 5. The van der Waals surface area contributed by atoms with Crippen molar-refractivity contribution in [3.05, 3.63) is 77.1 Å². The summed E-state index contributed by atoms with van der Waals surface area (Å²) in [6, 6.07) is 10.8. The van der Waals surface area contributed by atoms with Crippen molar-refractivity contribution < 1.29 is 4.79 Å². The summed E-state index contributed by atoms with van der Waals surface area (Å²) in [5.74, 6) is 1.53. The maximum Gasteiger partial charge on any atom is 0.158 e. The number of aryl methyl sites for hydroxylation is 1. The van der Waals surface area contributed by atoms with Crippen LogP contribution in [-0.4, -0.2) is 55.6 Å². The number of amidine groups is 1. The Morgan fingerprint density at radius 2 is 2.13 bits per heavy atom. The van der Waals surface area contributed by atoms with Crippen LogP contribution in [0, 0.1) is 0 Å². The number of pyridine rings is 1. The third-order valence-corrected chi connectivity index (χ3v) is 8.14. The smallest absolute Gasteiger partial charge is 0.158 e. The Hall–Kier alpha value is -3.62. The largest absolute Gasteiger partial charge is 0.366 e. The minimum Gasteiger partial charge on any atom is -0.366 e. The van der Waals surface area contributed by atoms with E-state index in [1.807, 2.05) is 29.2 Å². The van der Waals surface area contributed by atoms with Crippen molar-refractivity contribution in [1.29, 1.82) is 0 Å². The lowest BCUT2D eigenvalue weighted by Crippen LogP contribution is -2.46. The summed E-state index contributed by atoms with van der Waals surface area (Å²) in [7, 11) is 1.93. The zero-order chi connectivity index (χ0) is 27.4. The minimum atomic E-state index is 0.273. The van der Waals surface area contributed by atoms with Gasteiger partial charge in [-0.05, 0) is 79.6 Å². The molecule has 5 rings (SSSR count). The third kappa shape index (κ3) is 5.58. The number of aromatic nitrogens is 1. The first-order valence-corrected chi connectivity index (χ1v) is 13.9. The molecule has 8 nitrogen and oxygen atoms in total. The van der Waals surface area contributed by atoms with Gasteiger partial charge in [-0.3, -0.25) is 9.79 Å². The molecule has 2 heterocycles. The monoisotopic (exact) mass is 525 g/mol. The van der Waals surface area contributed by atoms with E-state index in [1.54, 1.807) is 0 Å². The quantitative estimate of drug-likeness (QED) is 0.116. The Morgan fingerprint density at radius 1 is 1.28 bits per heavy atom. The van der Waals surface area contributed by atoms with Crippen LogP contribution in [0.1, 0.15) is 60.9 Å². The second-order valence-corrected chi connectivity index (χ2v) is 10.9. The van der Waals surface area contributed by atoms with Crippen molar-refractivity contribution in [2.24, 2.45) is 9.98 Å². The van der Waals surface area contributed by atoms with Crippen molar-refractivity contribution in [2.75, 3.05) is 37.1 Å². The molecule has 1 unspecified atom stereocenters. The molecule has 3 aliphatic rings. The van der Waals surface area contributed by atoms with E-state index in [9.17, 15) is 4.79 Å². The summed E-state index contributed by atoms with van der Waals surface area (Å²) in [6.07, 6.45) is 9.88. The maximum absolute atomic E-state index is 12.2. The van der Waals surface area contributed by atoms with Crippen LogP contribution in [0.3, 0.4) is 0 Å². The van der Waals surface area contributed by atoms with E-state index < -0.39 is 0 Å². The molecule has 0 radical (unpaired) electrons. The van der Waals surface area contributed by atoms with Gasteiger partial charge in [0, 0.05) is 49.7 Å². The van der Waals surface area contributed by atoms with Crippen molar-refractivity contribution in [3.8, 4) is 0 Å². The lowest BCUT2D eigenvalue weighted by molar-refractivity contribution is -0.104. The van der Waals surface area contributed by atoms with Crippen molar-refractivity contribution >= 4 is 30.3 Å². The number of carbonyl (C=O) groups excluding carboxylic acids is 1. The highest BCUT2D eigenvalue weighted by atomic mass is 16.1. The van der Waals surface area contributed by atoms with Crippen molar-refractivity contribution in [2.45, 2.75) is 56.9 Å². The van der Waals surface area contributed by atoms with E-state index in [1.165, 1.54) is 42.2 Å². The SMILES string of the molecule is C=CCN(C)N(C(=N/CNc1ccc2c(c1)CNCC21CC1)/C(C=O)=C\N=C)c1ccc2c(n1)C(C)CCC2. The number of hydrazine groups is 1. The zero-order valence-corrected chi connectivity index (χ0v) is 23.1. The molecule has 0 amide bonds. The second kappa shape index (κ2) is 11.6. The van der Waals surface area contributed by atoms with Gasteiger partial charge < -0.3 is 10.6 Å². The number of aliphatic imine (C=N–C) groups is 2. The van der Waals surface area contributed by atoms with Gasteiger partial charge in [-0.15, -0.1) is 6.58 Å². The zero-order valence-electron chi connectivity index (χ0n) is 23.1. The Kier molecular flexibility index (Phi) is 8.04. The normalized spacial score (nSPS) is 19.7. The van der Waals surface area contributed by atoms with Gasteiger partial charge >= 0.3 is 0 Å². The molecule has 1 aliphatic heterocycles. The Morgan fingerprint density at radius 3 is 2.87 bits per heavy atom. The van der Waals surface area contributed by atoms with E-state index in [-0.39, 0.29) is 6.67 Å². The van der Waals surface area contributed by atoms with Crippen LogP contribution in [0.2, 0.25) is 0 Å². The highest BCUT2D eigenvalue weighted by molar-refractivity contribution is 6.20. The predicted octanol–water partition coefficient (Wildman–Crippen LogP) is 4.75. The number of aldehydes is 1. The van der Waals surface area contributed by atoms with Gasteiger partial charge in [0.15, 0.2) is 12.1 Å². The fourth-order valence-electron chi connectivity index (χ4n) is 5.92. The summed E-state index contributed by atoms with van der Waals surface area (Å²) in [5, 5.41) is 10.8. The molecule has 8 heteroatoms. The summed E-state index contributed by atoms with van der Waals surface area (Å²) < 4.78 is 0. The molecule has 0 bridgehead atoms. The lowest BCUT2D eigenvalue weighted by atomic mass is 9.88. The van der Waals surface area contributed by atoms with Gasteiger partial charge in [-0.2, -0.15) is 0 Å². The van der Waals surface area contributed by atoms with Crippen LogP contribution >= 0.6 is 0 Å². The van der Waals surface area contributed by atoms with Gasteiger partial charge in [0.1, 0.15) is 12.5 Å². The molecule has 1 saturated carbocycles. The summed E-state index contributed by atoms with van der Waals surface area (Å²) >= 11 is 0. The molecule has 2 aliphatic carbocycles. The Labute approximate surface area is 231 Å². The molecule has 2 N–H and O–H groups in total. The first-order valence-electron chi connectivity index (χ1n) is 13.9. The number of nitrogens with one attached hydrogen (secondary N) is 2. The lowest BCUT2D eigenvalue weighted by Gasteiger charge is -2.34. The standard InChI is InChI=1S/C31H39N7O/c1-5-15-37(4)38(28-12-9-23-8-6-7-22(2)29(23)36-28)30(25(19-39)17-32-3)35-21-34-26-10-11-27-24(16-26)18-33-20-31(27)13-14-31/h5,9-12,16-17,19,22,33-34H,1,3,6-8,13-15,18,20-21H2,2,4H3/b25-17-,35-30+. The number of hydrogen-bond donors (Lipinski definition) is 2. The van der Waals surface area contributed by atoms with Gasteiger partial charge in [-0.25, -0.2) is 20.0 Å². The fraction of sp³-hybridized carbons (Fsp3) is 0.419. The molecule has 204 valence electrons. The third-order valence-electron chi connectivity index (χ3n) is 8.14. The summed E-state index contributed by atoms with van der Waals surface area (Å²) in [6.45, 7) is 12.5. The molecule has 39 heavy (non-hydrogen) atoms. The van der Waals surface area contributed by atoms with Crippen LogP contribution in [0.25, 0.3) is 0 Å². The summed E-state index contributed by atoms with van der Waals surface area (Å²) in [4.78, 5) is 26.1. The molecule has 1 fully saturated rings. The number of benzene rings is 1. The molecule has 0 saturated heterocycles. The average Bonchev–Trinajstić information content (AvgIpc) is 3.71. The molecular weight excluding hydrogens is 486 g/mol. The van der Waals surface area contributed by atoms with E-state index >= 15 is 0 Å². The first-order chi connectivity index (χ1) is 19.0. The molecule has 1 spiro atoms. The topological polar surface area (TPSA) is 85.2 Å². The van der Waals surface area contributed by atoms with Gasteiger partial charge in [-0.1, -0.05) is 25.1 Å². The first kappa shape index (κ1) is 27.0. The maximum atomic E-state index is 12.2. The van der Waals surface area contributed by atoms with E-state index in [2.05, 4.69) is 60.1 Å². The number of fused-ring (bicyclic) bond motifs is 3. The van der Waals surface area contributed by atoms with E-state index in [0.29, 0.717) is 35.1 Å². The molecule has 1 aromatic heterocycles. The van der Waals surface area contributed by atoms with Crippen LogP contribution in [0.4, 0.5) is 11.5 Å². The predicted molar refractivity (Wildman–Crippen MR) is 160 cm³/mol. The van der Waals surface area contributed by atoms with Crippen LogP contribution < -0.4 is 15.6 Å². The van der Waals surface area contributed by atoms with Crippen molar-refractivity contribution in [1.82, 2.24) is 15.3 Å². The number of anilines is 2. The molecular formula is C31H39N7O. The number of hydrogen-bond acceptors (Lipinski definition) is 7. The van der Waals surface area contributed by atoms with Gasteiger partial charge in [0.2, 0.25) is 0 Å². The van der Waals surface area contributed by atoms with E-state index in [0.717, 1.165) is 43.6 Å².